The number of hydrogen-bond acceptors (Lipinski definition) is 6. The van der Waals surface area contributed by atoms with Crippen LogP contribution in [0.3, 0.4) is 0 Å². The van der Waals surface area contributed by atoms with Gasteiger partial charge in [0.2, 0.25) is 15.9 Å². The maximum absolute atomic E-state index is 12.0. The summed E-state index contributed by atoms with van der Waals surface area (Å²) in [6.07, 6.45) is -0.299. The summed E-state index contributed by atoms with van der Waals surface area (Å²) < 4.78 is 22.3. The molecule has 24 heavy (non-hydrogen) atoms. The number of aliphatic hydroxyl groups is 1. The van der Waals surface area contributed by atoms with Gasteiger partial charge in [-0.05, 0) is 24.3 Å². The Morgan fingerprint density at radius 1 is 1.17 bits per heavy atom. The minimum absolute atomic E-state index is 0.0548. The van der Waals surface area contributed by atoms with Crippen molar-refractivity contribution in [3.8, 4) is 0 Å². The third kappa shape index (κ3) is 5.95. The molecule has 0 radical (unpaired) electrons. The molecular weight excluding hydrogens is 342 g/mol. The molecule has 1 aromatic carbocycles. The Morgan fingerprint density at radius 2 is 1.75 bits per heavy atom. The van der Waals surface area contributed by atoms with Gasteiger partial charge < -0.3 is 20.8 Å². The van der Waals surface area contributed by atoms with Crippen molar-refractivity contribution in [1.82, 2.24) is 10.6 Å². The number of carbonyl (C=O) groups is 3. The number of hydrogen-bond donors (Lipinski definition) is 5. The lowest BCUT2D eigenvalue weighted by Crippen LogP contribution is -2.49. The minimum atomic E-state index is -3.89. The number of sulfonamides is 1. The van der Waals surface area contributed by atoms with Gasteiger partial charge in [-0.1, -0.05) is 0 Å². The fourth-order valence-corrected chi connectivity index (χ4v) is 2.16. The Bertz CT molecular complexity index is 716. The molecule has 11 heteroatoms. The van der Waals surface area contributed by atoms with Crippen molar-refractivity contribution < 1.29 is 33.0 Å². The molecule has 1 rings (SSSR count). The van der Waals surface area contributed by atoms with Gasteiger partial charge >= 0.3 is 5.97 Å². The lowest BCUT2D eigenvalue weighted by Gasteiger charge is -2.16. The molecule has 0 heterocycles. The Labute approximate surface area is 137 Å². The highest BCUT2D eigenvalue weighted by atomic mass is 32.2. The van der Waals surface area contributed by atoms with Gasteiger partial charge in [0, 0.05) is 12.1 Å². The lowest BCUT2D eigenvalue weighted by atomic mass is 10.2. The van der Waals surface area contributed by atoms with Crippen molar-refractivity contribution in [3.05, 3.63) is 29.8 Å². The first-order chi connectivity index (χ1) is 11.1. The number of rotatable bonds is 8. The molecule has 0 aliphatic carbocycles. The Hall–Kier alpha value is -2.50. The van der Waals surface area contributed by atoms with Crippen LogP contribution in [0.2, 0.25) is 0 Å². The van der Waals surface area contributed by atoms with Gasteiger partial charge in [0.05, 0.1) is 17.9 Å². The second-order valence-corrected chi connectivity index (χ2v) is 6.27. The van der Waals surface area contributed by atoms with Crippen LogP contribution in [0.4, 0.5) is 0 Å². The third-order valence-corrected chi connectivity index (χ3v) is 3.82. The molecule has 0 saturated heterocycles. The third-order valence-electron chi connectivity index (χ3n) is 2.89. The number of carbonyl (C=O) groups excluding carboxylic acids is 2. The summed E-state index contributed by atoms with van der Waals surface area (Å²) in [5, 5.41) is 27.1. The molecule has 6 N–H and O–H groups in total. The van der Waals surface area contributed by atoms with Crippen LogP contribution in [-0.2, 0) is 19.6 Å². The predicted octanol–water partition coefficient (Wildman–Crippen LogP) is -1.98. The standard InChI is InChI=1S/C13H17N3O7S/c14-24(22,23)9-3-1-8(2-4-9)12(20)16-10(7-17)13(21)15-6-5-11(18)19/h1-4,10,17H,5-7H2,(H,15,21)(H,16,20)(H,18,19)(H2,14,22,23)/t10-/m0/s1. The number of nitrogens with one attached hydrogen (secondary N) is 2. The Balaban J connectivity index is 2.70. The number of primary sulfonamides is 1. The highest BCUT2D eigenvalue weighted by Gasteiger charge is 2.20. The first-order valence-corrected chi connectivity index (χ1v) is 8.24. The fraction of sp³-hybridized carbons (Fsp3) is 0.308. The molecule has 132 valence electrons. The van der Waals surface area contributed by atoms with Crippen molar-refractivity contribution in [1.29, 1.82) is 0 Å². The summed E-state index contributed by atoms with van der Waals surface area (Å²) in [7, 11) is -3.89. The van der Waals surface area contributed by atoms with E-state index in [0.29, 0.717) is 0 Å². The minimum Gasteiger partial charge on any atom is -0.481 e. The van der Waals surface area contributed by atoms with E-state index in [1.165, 1.54) is 12.1 Å². The molecule has 0 unspecified atom stereocenters. The summed E-state index contributed by atoms with van der Waals surface area (Å²) in [5.74, 6) is -2.56. The summed E-state index contributed by atoms with van der Waals surface area (Å²) in [6, 6.07) is 3.39. The SMILES string of the molecule is NS(=O)(=O)c1ccc(C(=O)N[C@@H](CO)C(=O)NCCC(=O)O)cc1. The van der Waals surface area contributed by atoms with Crippen LogP contribution < -0.4 is 15.8 Å². The monoisotopic (exact) mass is 359 g/mol. The van der Waals surface area contributed by atoms with E-state index >= 15 is 0 Å². The summed E-state index contributed by atoms with van der Waals surface area (Å²) in [6.45, 7) is -0.844. The fourth-order valence-electron chi connectivity index (χ4n) is 1.65. The lowest BCUT2D eigenvalue weighted by molar-refractivity contribution is -0.137. The molecule has 1 aromatic rings. The van der Waals surface area contributed by atoms with Gasteiger partial charge in [-0.25, -0.2) is 13.6 Å². The molecule has 0 aliphatic heterocycles. The maximum atomic E-state index is 12.0. The van der Waals surface area contributed by atoms with E-state index in [2.05, 4.69) is 10.6 Å². The van der Waals surface area contributed by atoms with Gasteiger partial charge in [-0.2, -0.15) is 0 Å². The average Bonchev–Trinajstić information content (AvgIpc) is 2.51. The zero-order valence-corrected chi connectivity index (χ0v) is 13.2. The van der Waals surface area contributed by atoms with Crippen molar-refractivity contribution in [3.63, 3.8) is 0 Å². The van der Waals surface area contributed by atoms with E-state index in [0.717, 1.165) is 12.1 Å². The van der Waals surface area contributed by atoms with Crippen LogP contribution in [0.15, 0.2) is 29.2 Å². The quantitative estimate of drug-likeness (QED) is 0.357. The largest absolute Gasteiger partial charge is 0.481 e. The molecule has 0 saturated carbocycles. The smallest absolute Gasteiger partial charge is 0.305 e. The van der Waals surface area contributed by atoms with Gasteiger partial charge in [0.25, 0.3) is 5.91 Å². The molecule has 10 nitrogen and oxygen atoms in total. The van der Waals surface area contributed by atoms with E-state index < -0.39 is 40.5 Å². The van der Waals surface area contributed by atoms with E-state index in [-0.39, 0.29) is 23.4 Å². The van der Waals surface area contributed by atoms with Crippen LogP contribution in [0, 0.1) is 0 Å². The maximum Gasteiger partial charge on any atom is 0.305 e. The van der Waals surface area contributed by atoms with Gasteiger partial charge in [-0.3, -0.25) is 14.4 Å². The molecular formula is C13H17N3O7S. The number of aliphatic hydroxyl groups excluding tert-OH is 1. The number of aliphatic carboxylic acids is 1. The van der Waals surface area contributed by atoms with Crippen LogP contribution >= 0.6 is 0 Å². The highest BCUT2D eigenvalue weighted by Crippen LogP contribution is 2.08. The van der Waals surface area contributed by atoms with Crippen LogP contribution in [-0.4, -0.2) is 55.6 Å². The highest BCUT2D eigenvalue weighted by molar-refractivity contribution is 7.89. The molecule has 0 aromatic heterocycles. The Kier molecular flexibility index (Phi) is 6.82. The summed E-state index contributed by atoms with van der Waals surface area (Å²) >= 11 is 0. The van der Waals surface area contributed by atoms with Gasteiger partial charge in [0.15, 0.2) is 0 Å². The summed E-state index contributed by atoms with van der Waals surface area (Å²) in [5.41, 5.74) is 0.0548. The molecule has 0 bridgehead atoms. The summed E-state index contributed by atoms with van der Waals surface area (Å²) in [4.78, 5) is 33.9. The van der Waals surface area contributed by atoms with E-state index in [9.17, 15) is 22.8 Å². The van der Waals surface area contributed by atoms with Crippen LogP contribution in [0.1, 0.15) is 16.8 Å². The second-order valence-electron chi connectivity index (χ2n) is 4.71. The molecule has 2 amide bonds. The molecule has 0 spiro atoms. The van der Waals surface area contributed by atoms with E-state index in [1.807, 2.05) is 0 Å². The van der Waals surface area contributed by atoms with Crippen molar-refractivity contribution in [2.24, 2.45) is 5.14 Å². The average molecular weight is 359 g/mol. The number of benzene rings is 1. The molecule has 0 fully saturated rings. The van der Waals surface area contributed by atoms with Gasteiger partial charge in [-0.15, -0.1) is 0 Å². The first-order valence-electron chi connectivity index (χ1n) is 6.69. The zero-order chi connectivity index (χ0) is 18.3. The van der Waals surface area contributed by atoms with Crippen LogP contribution in [0.5, 0.6) is 0 Å². The number of carboxylic acids is 1. The number of amides is 2. The van der Waals surface area contributed by atoms with Crippen molar-refractivity contribution >= 4 is 27.8 Å². The van der Waals surface area contributed by atoms with E-state index in [1.54, 1.807) is 0 Å². The van der Waals surface area contributed by atoms with Crippen LogP contribution in [0.25, 0.3) is 0 Å². The van der Waals surface area contributed by atoms with Gasteiger partial charge in [0.1, 0.15) is 6.04 Å². The topological polar surface area (TPSA) is 176 Å². The molecule has 0 aliphatic rings. The first kappa shape index (κ1) is 19.5. The van der Waals surface area contributed by atoms with Crippen molar-refractivity contribution in [2.75, 3.05) is 13.2 Å². The zero-order valence-electron chi connectivity index (χ0n) is 12.4. The second kappa shape index (κ2) is 8.38. The number of nitrogens with two attached hydrogens (primary N) is 1. The predicted molar refractivity (Wildman–Crippen MR) is 81.4 cm³/mol. The van der Waals surface area contributed by atoms with Crippen molar-refractivity contribution in [2.45, 2.75) is 17.4 Å². The van der Waals surface area contributed by atoms with E-state index in [4.69, 9.17) is 15.4 Å². The normalized spacial score (nSPS) is 12.2. The molecule has 1 atom stereocenters. The Morgan fingerprint density at radius 3 is 2.21 bits per heavy atom. The number of carboxylic acid groups (broad SMARTS) is 1.